The predicted octanol–water partition coefficient (Wildman–Crippen LogP) is 4.22. The maximum absolute atomic E-state index is 14.0. The quantitative estimate of drug-likeness (QED) is 0.613. The van der Waals surface area contributed by atoms with Gasteiger partial charge in [0.1, 0.15) is 5.82 Å². The van der Waals surface area contributed by atoms with Gasteiger partial charge in [0.15, 0.2) is 0 Å². The van der Waals surface area contributed by atoms with Crippen LogP contribution >= 0.6 is 0 Å². The summed E-state index contributed by atoms with van der Waals surface area (Å²) in [6.07, 6.45) is -4.44. The van der Waals surface area contributed by atoms with E-state index in [-0.39, 0.29) is 23.5 Å². The van der Waals surface area contributed by atoms with E-state index in [0.717, 1.165) is 18.2 Å². The summed E-state index contributed by atoms with van der Waals surface area (Å²) in [5, 5.41) is 2.77. The highest BCUT2D eigenvalue weighted by Crippen LogP contribution is 2.40. The van der Waals surface area contributed by atoms with E-state index in [4.69, 9.17) is 5.73 Å². The lowest BCUT2D eigenvalue weighted by Crippen LogP contribution is -2.37. The molecule has 1 unspecified atom stereocenters. The number of nitrogens with zero attached hydrogens (tertiary/aromatic N) is 2. The lowest BCUT2D eigenvalue weighted by Gasteiger charge is -2.28. The van der Waals surface area contributed by atoms with Gasteiger partial charge in [-0.3, -0.25) is 4.79 Å². The molecule has 1 aromatic heterocycles. The van der Waals surface area contributed by atoms with Crippen LogP contribution < -0.4 is 11.1 Å². The van der Waals surface area contributed by atoms with Crippen molar-refractivity contribution in [2.24, 2.45) is 0 Å². The zero-order valence-corrected chi connectivity index (χ0v) is 15.7. The maximum Gasteiger partial charge on any atom is 0.417 e. The van der Waals surface area contributed by atoms with E-state index in [2.05, 4.69) is 15.3 Å². The van der Waals surface area contributed by atoms with Crippen molar-refractivity contribution in [3.05, 3.63) is 76.4 Å². The van der Waals surface area contributed by atoms with Gasteiger partial charge in [0.25, 0.3) is 5.91 Å². The molecule has 3 N–H and O–H groups in total. The van der Waals surface area contributed by atoms with Crippen LogP contribution in [0.1, 0.15) is 38.9 Å². The summed E-state index contributed by atoms with van der Waals surface area (Å²) in [6, 6.07) is 7.80. The third kappa shape index (κ3) is 3.47. The Balaban J connectivity index is 1.86. The molecule has 1 aliphatic rings. The molecule has 5 nitrogen and oxygen atoms in total. The summed E-state index contributed by atoms with van der Waals surface area (Å²) in [7, 11) is 0. The fourth-order valence-electron chi connectivity index (χ4n) is 3.79. The molecule has 1 atom stereocenters. The van der Waals surface area contributed by atoms with E-state index in [0.29, 0.717) is 22.5 Å². The molecule has 4 rings (SSSR count). The monoisotopic (exact) mass is 416 g/mol. The van der Waals surface area contributed by atoms with E-state index < -0.39 is 29.5 Å². The minimum atomic E-state index is -4.62. The first kappa shape index (κ1) is 19.8. The molecule has 3 aromatic rings. The van der Waals surface area contributed by atoms with Gasteiger partial charge >= 0.3 is 6.18 Å². The van der Waals surface area contributed by atoms with Crippen LogP contribution in [0.2, 0.25) is 0 Å². The lowest BCUT2D eigenvalue weighted by molar-refractivity contribution is -0.137. The molecule has 0 aliphatic carbocycles. The van der Waals surface area contributed by atoms with Gasteiger partial charge in [-0.15, -0.1) is 0 Å². The Morgan fingerprint density at radius 1 is 1.10 bits per heavy atom. The molecule has 0 bridgehead atoms. The molecule has 0 fully saturated rings. The van der Waals surface area contributed by atoms with Crippen molar-refractivity contribution in [3.8, 4) is 11.1 Å². The lowest BCUT2D eigenvalue weighted by atomic mass is 9.87. The number of nitrogen functional groups attached to an aromatic ring is 1. The Kier molecular flexibility index (Phi) is 4.68. The van der Waals surface area contributed by atoms with Gasteiger partial charge in [-0.2, -0.15) is 13.2 Å². The van der Waals surface area contributed by atoms with E-state index in [1.165, 1.54) is 24.3 Å². The molecule has 9 heteroatoms. The SMILES string of the molecule is Cc1nc(N)nc2c1C(=O)NC(c1ccc(F)cc1-c1ccccc1C(F)(F)F)C2. The molecule has 2 heterocycles. The molecule has 1 amide bonds. The molecule has 2 aromatic carbocycles. The number of aryl methyl sites for hydroxylation is 1. The second-order valence-corrected chi connectivity index (χ2v) is 6.99. The van der Waals surface area contributed by atoms with Gasteiger partial charge in [-0.25, -0.2) is 14.4 Å². The molecule has 0 spiro atoms. The van der Waals surface area contributed by atoms with Crippen LogP contribution in [0.15, 0.2) is 42.5 Å². The number of nitrogens with one attached hydrogen (secondary N) is 1. The zero-order chi connectivity index (χ0) is 21.6. The summed E-state index contributed by atoms with van der Waals surface area (Å²) in [4.78, 5) is 20.8. The van der Waals surface area contributed by atoms with Crippen LogP contribution in [-0.2, 0) is 12.6 Å². The Hall–Kier alpha value is -3.49. The molecule has 0 saturated carbocycles. The van der Waals surface area contributed by atoms with Crippen LogP contribution in [0.5, 0.6) is 0 Å². The standard InChI is InChI=1S/C21H16F4N4O/c1-10-18-17(29-20(26)27-10)9-16(28-19(18)30)13-7-6-11(22)8-14(13)12-4-2-3-5-15(12)21(23,24)25/h2-8,16H,9H2,1H3,(H,28,30)(H2,26,27,29). The minimum Gasteiger partial charge on any atom is -0.368 e. The van der Waals surface area contributed by atoms with Crippen molar-refractivity contribution < 1.29 is 22.4 Å². The number of alkyl halides is 3. The first-order valence-electron chi connectivity index (χ1n) is 9.05. The molecule has 0 radical (unpaired) electrons. The largest absolute Gasteiger partial charge is 0.417 e. The number of fused-ring (bicyclic) bond motifs is 1. The number of amides is 1. The molecule has 30 heavy (non-hydrogen) atoms. The van der Waals surface area contributed by atoms with Crippen molar-refractivity contribution in [1.82, 2.24) is 15.3 Å². The molecular weight excluding hydrogens is 400 g/mol. The topological polar surface area (TPSA) is 80.9 Å². The summed E-state index contributed by atoms with van der Waals surface area (Å²) < 4.78 is 54.7. The Bertz CT molecular complexity index is 1160. The van der Waals surface area contributed by atoms with Crippen molar-refractivity contribution in [2.45, 2.75) is 25.6 Å². The number of hydrogen-bond donors (Lipinski definition) is 2. The fraction of sp³-hybridized carbons (Fsp3) is 0.190. The Morgan fingerprint density at radius 3 is 2.57 bits per heavy atom. The predicted molar refractivity (Wildman–Crippen MR) is 102 cm³/mol. The minimum absolute atomic E-state index is 0.00134. The second kappa shape index (κ2) is 7.08. The van der Waals surface area contributed by atoms with Gasteiger partial charge in [-0.1, -0.05) is 24.3 Å². The summed E-state index contributed by atoms with van der Waals surface area (Å²) >= 11 is 0. The first-order valence-corrected chi connectivity index (χ1v) is 9.05. The number of aromatic nitrogens is 2. The third-order valence-electron chi connectivity index (χ3n) is 5.03. The van der Waals surface area contributed by atoms with Gasteiger partial charge in [0.05, 0.1) is 28.6 Å². The molecular formula is C21H16F4N4O. The van der Waals surface area contributed by atoms with Gasteiger partial charge < -0.3 is 11.1 Å². The van der Waals surface area contributed by atoms with Crippen LogP contribution in [0, 0.1) is 12.7 Å². The van der Waals surface area contributed by atoms with Crippen LogP contribution in [-0.4, -0.2) is 15.9 Å². The van der Waals surface area contributed by atoms with Crippen molar-refractivity contribution in [1.29, 1.82) is 0 Å². The number of carbonyl (C=O) groups excluding carboxylic acids is 1. The van der Waals surface area contributed by atoms with Gasteiger partial charge in [0.2, 0.25) is 5.95 Å². The maximum atomic E-state index is 14.0. The van der Waals surface area contributed by atoms with Crippen LogP contribution in [0.3, 0.4) is 0 Å². The molecule has 0 saturated heterocycles. The highest BCUT2D eigenvalue weighted by Gasteiger charge is 2.35. The number of rotatable bonds is 2. The van der Waals surface area contributed by atoms with Crippen molar-refractivity contribution >= 4 is 11.9 Å². The summed E-state index contributed by atoms with van der Waals surface area (Å²) in [6.45, 7) is 1.62. The number of nitrogens with two attached hydrogens (primary N) is 1. The van der Waals surface area contributed by atoms with Crippen molar-refractivity contribution in [3.63, 3.8) is 0 Å². The van der Waals surface area contributed by atoms with Gasteiger partial charge in [0, 0.05) is 6.42 Å². The number of benzene rings is 2. The van der Waals surface area contributed by atoms with Crippen LogP contribution in [0.25, 0.3) is 11.1 Å². The van der Waals surface area contributed by atoms with Crippen LogP contribution in [0.4, 0.5) is 23.5 Å². The highest BCUT2D eigenvalue weighted by atomic mass is 19.4. The average Bonchev–Trinajstić information content (AvgIpc) is 2.66. The second-order valence-electron chi connectivity index (χ2n) is 6.99. The normalized spacial score (nSPS) is 16.2. The number of hydrogen-bond acceptors (Lipinski definition) is 4. The Labute approximate surface area is 169 Å². The number of anilines is 1. The number of carbonyl (C=O) groups is 1. The summed E-state index contributed by atoms with van der Waals surface area (Å²) in [5.74, 6) is -1.14. The van der Waals surface area contributed by atoms with Gasteiger partial charge in [-0.05, 0) is 41.8 Å². The third-order valence-corrected chi connectivity index (χ3v) is 5.03. The molecule has 1 aliphatic heterocycles. The fourth-order valence-corrected chi connectivity index (χ4v) is 3.79. The number of halogens is 4. The summed E-state index contributed by atoms with van der Waals surface area (Å²) in [5.41, 5.74) is 6.14. The Morgan fingerprint density at radius 2 is 1.83 bits per heavy atom. The van der Waals surface area contributed by atoms with E-state index >= 15 is 0 Å². The van der Waals surface area contributed by atoms with E-state index in [9.17, 15) is 22.4 Å². The first-order chi connectivity index (χ1) is 14.1. The average molecular weight is 416 g/mol. The highest BCUT2D eigenvalue weighted by molar-refractivity contribution is 5.98. The van der Waals surface area contributed by atoms with E-state index in [1.54, 1.807) is 6.92 Å². The van der Waals surface area contributed by atoms with Crippen molar-refractivity contribution in [2.75, 3.05) is 5.73 Å². The smallest absolute Gasteiger partial charge is 0.368 e. The molecule has 154 valence electrons. The van der Waals surface area contributed by atoms with E-state index in [1.807, 2.05) is 0 Å². The zero-order valence-electron chi connectivity index (χ0n) is 15.7.